The van der Waals surface area contributed by atoms with E-state index < -0.39 is 0 Å². The van der Waals surface area contributed by atoms with Gasteiger partial charge in [0.2, 0.25) is 0 Å². The molecule has 0 unspecified atom stereocenters. The molecule has 3 aromatic rings. The first-order valence-electron chi connectivity index (χ1n) is 8.21. The Labute approximate surface area is 136 Å². The summed E-state index contributed by atoms with van der Waals surface area (Å²) in [6.45, 7) is 5.35. The van der Waals surface area contributed by atoms with E-state index in [1.54, 1.807) is 0 Å². The van der Waals surface area contributed by atoms with Gasteiger partial charge in [-0.2, -0.15) is 5.10 Å². The highest BCUT2D eigenvalue weighted by molar-refractivity contribution is 5.76. The van der Waals surface area contributed by atoms with Crippen LogP contribution in [0, 0.1) is 0 Å². The Morgan fingerprint density at radius 3 is 2.87 bits per heavy atom. The summed E-state index contributed by atoms with van der Waals surface area (Å²) in [7, 11) is 0. The molecule has 4 rings (SSSR count). The first kappa shape index (κ1) is 14.4. The Bertz CT molecular complexity index is 772. The van der Waals surface area contributed by atoms with Crippen molar-refractivity contribution in [3.05, 3.63) is 54.5 Å². The SMILES string of the molecule is c1ccc(-c2cnn3cc(CN4CCCNCC4)cnc23)cc1. The molecule has 1 aromatic carbocycles. The molecule has 5 nitrogen and oxygen atoms in total. The highest BCUT2D eigenvalue weighted by atomic mass is 15.2. The van der Waals surface area contributed by atoms with Gasteiger partial charge in [-0.15, -0.1) is 0 Å². The van der Waals surface area contributed by atoms with E-state index >= 15 is 0 Å². The van der Waals surface area contributed by atoms with Gasteiger partial charge in [-0.3, -0.25) is 4.90 Å². The van der Waals surface area contributed by atoms with Gasteiger partial charge in [-0.1, -0.05) is 30.3 Å². The van der Waals surface area contributed by atoms with Crippen molar-refractivity contribution >= 4 is 5.65 Å². The van der Waals surface area contributed by atoms with Crippen molar-refractivity contribution in [3.8, 4) is 11.1 Å². The standard InChI is InChI=1S/C18H21N5/c1-2-5-16(6-3-1)17-12-21-23-14-15(11-20-18(17)23)13-22-9-4-7-19-8-10-22/h1-3,5-6,11-12,14,19H,4,7-10,13H2. The molecule has 0 saturated carbocycles. The molecule has 1 saturated heterocycles. The zero-order valence-electron chi connectivity index (χ0n) is 13.2. The van der Waals surface area contributed by atoms with Crippen LogP contribution in [-0.4, -0.2) is 45.7 Å². The summed E-state index contributed by atoms with van der Waals surface area (Å²) in [5, 5.41) is 7.93. The third-order valence-corrected chi connectivity index (χ3v) is 4.33. The molecule has 23 heavy (non-hydrogen) atoms. The smallest absolute Gasteiger partial charge is 0.162 e. The largest absolute Gasteiger partial charge is 0.315 e. The van der Waals surface area contributed by atoms with Crippen molar-refractivity contribution in [1.29, 1.82) is 0 Å². The van der Waals surface area contributed by atoms with E-state index in [-0.39, 0.29) is 0 Å². The fourth-order valence-corrected chi connectivity index (χ4v) is 3.13. The quantitative estimate of drug-likeness (QED) is 0.806. The van der Waals surface area contributed by atoms with Crippen LogP contribution >= 0.6 is 0 Å². The number of rotatable bonds is 3. The average molecular weight is 307 g/mol. The van der Waals surface area contributed by atoms with E-state index in [9.17, 15) is 0 Å². The lowest BCUT2D eigenvalue weighted by Gasteiger charge is -2.19. The van der Waals surface area contributed by atoms with Crippen LogP contribution < -0.4 is 5.32 Å². The number of fused-ring (bicyclic) bond motifs is 1. The highest BCUT2D eigenvalue weighted by Crippen LogP contribution is 2.22. The van der Waals surface area contributed by atoms with Crippen LogP contribution in [0.5, 0.6) is 0 Å². The molecule has 2 aromatic heterocycles. The molecule has 0 atom stereocenters. The number of hydrogen-bond donors (Lipinski definition) is 1. The van der Waals surface area contributed by atoms with Crippen molar-refractivity contribution in [1.82, 2.24) is 24.8 Å². The molecule has 0 spiro atoms. The normalized spacial score (nSPS) is 16.5. The Morgan fingerprint density at radius 1 is 1.04 bits per heavy atom. The average Bonchev–Trinajstić information content (AvgIpc) is 2.84. The predicted octanol–water partition coefficient (Wildman–Crippen LogP) is 2.19. The maximum absolute atomic E-state index is 4.66. The Hall–Kier alpha value is -2.24. The van der Waals surface area contributed by atoms with Crippen LogP contribution in [0.1, 0.15) is 12.0 Å². The number of nitrogens with one attached hydrogen (secondary N) is 1. The monoisotopic (exact) mass is 307 g/mol. The zero-order chi connectivity index (χ0) is 15.5. The molecule has 1 aliphatic heterocycles. The van der Waals surface area contributed by atoms with Crippen molar-refractivity contribution in [2.45, 2.75) is 13.0 Å². The fourth-order valence-electron chi connectivity index (χ4n) is 3.13. The van der Waals surface area contributed by atoms with Crippen molar-refractivity contribution in [2.75, 3.05) is 26.2 Å². The van der Waals surface area contributed by atoms with Gasteiger partial charge in [0, 0.05) is 43.2 Å². The molecule has 0 aliphatic carbocycles. The molecule has 0 bridgehead atoms. The molecule has 1 fully saturated rings. The number of nitrogens with zero attached hydrogens (tertiary/aromatic N) is 4. The molecular formula is C18H21N5. The Balaban J connectivity index is 1.59. The van der Waals surface area contributed by atoms with E-state index in [0.717, 1.165) is 49.5 Å². The van der Waals surface area contributed by atoms with Gasteiger partial charge in [0.1, 0.15) is 0 Å². The molecule has 3 heterocycles. The number of hydrogen-bond acceptors (Lipinski definition) is 4. The first-order chi connectivity index (χ1) is 11.4. The minimum atomic E-state index is 0.914. The van der Waals surface area contributed by atoms with Gasteiger partial charge in [-0.05, 0) is 25.1 Å². The molecule has 0 amide bonds. The third-order valence-electron chi connectivity index (χ3n) is 4.33. The summed E-state index contributed by atoms with van der Waals surface area (Å²) in [5.41, 5.74) is 4.36. The zero-order valence-corrected chi connectivity index (χ0v) is 13.2. The molecule has 0 radical (unpaired) electrons. The Morgan fingerprint density at radius 2 is 1.96 bits per heavy atom. The lowest BCUT2D eigenvalue weighted by Crippen LogP contribution is -2.27. The molecule has 1 aliphatic rings. The number of benzene rings is 1. The molecule has 5 heteroatoms. The molecular weight excluding hydrogens is 286 g/mol. The second kappa shape index (κ2) is 6.48. The van der Waals surface area contributed by atoms with E-state index in [2.05, 4.69) is 38.6 Å². The van der Waals surface area contributed by atoms with Gasteiger partial charge >= 0.3 is 0 Å². The maximum atomic E-state index is 4.66. The Kier molecular flexibility index (Phi) is 4.05. The van der Waals surface area contributed by atoms with E-state index in [4.69, 9.17) is 0 Å². The van der Waals surface area contributed by atoms with Gasteiger partial charge < -0.3 is 5.32 Å². The highest BCUT2D eigenvalue weighted by Gasteiger charge is 2.12. The van der Waals surface area contributed by atoms with Gasteiger partial charge in [0.05, 0.1) is 6.20 Å². The lowest BCUT2D eigenvalue weighted by atomic mass is 10.1. The summed E-state index contributed by atoms with van der Waals surface area (Å²) in [6.07, 6.45) is 7.20. The van der Waals surface area contributed by atoms with Crippen LogP contribution in [0.2, 0.25) is 0 Å². The molecule has 1 N–H and O–H groups in total. The summed E-state index contributed by atoms with van der Waals surface area (Å²) >= 11 is 0. The third kappa shape index (κ3) is 3.11. The van der Waals surface area contributed by atoms with Gasteiger partial charge in [0.25, 0.3) is 0 Å². The van der Waals surface area contributed by atoms with Crippen LogP contribution in [0.15, 0.2) is 48.9 Å². The van der Waals surface area contributed by atoms with Crippen LogP contribution in [0.3, 0.4) is 0 Å². The summed E-state index contributed by atoms with van der Waals surface area (Å²) in [5.74, 6) is 0. The lowest BCUT2D eigenvalue weighted by molar-refractivity contribution is 0.283. The molecule has 118 valence electrons. The summed E-state index contributed by atoms with van der Waals surface area (Å²) < 4.78 is 1.90. The maximum Gasteiger partial charge on any atom is 0.162 e. The number of aromatic nitrogens is 3. The van der Waals surface area contributed by atoms with E-state index in [1.165, 1.54) is 12.0 Å². The second-order valence-electron chi connectivity index (χ2n) is 6.03. The predicted molar refractivity (Wildman–Crippen MR) is 91.2 cm³/mol. The van der Waals surface area contributed by atoms with Gasteiger partial charge in [0.15, 0.2) is 5.65 Å². The first-order valence-corrected chi connectivity index (χ1v) is 8.21. The second-order valence-corrected chi connectivity index (χ2v) is 6.03. The van der Waals surface area contributed by atoms with Crippen LogP contribution in [0.4, 0.5) is 0 Å². The fraction of sp³-hybridized carbons (Fsp3) is 0.333. The van der Waals surface area contributed by atoms with Crippen molar-refractivity contribution in [2.24, 2.45) is 0 Å². The summed E-state index contributed by atoms with van der Waals surface area (Å²) in [4.78, 5) is 7.14. The van der Waals surface area contributed by atoms with E-state index in [0.29, 0.717) is 0 Å². The van der Waals surface area contributed by atoms with Crippen LogP contribution in [0.25, 0.3) is 16.8 Å². The van der Waals surface area contributed by atoms with Crippen molar-refractivity contribution in [3.63, 3.8) is 0 Å². The van der Waals surface area contributed by atoms with Gasteiger partial charge in [-0.25, -0.2) is 9.50 Å². The van der Waals surface area contributed by atoms with Crippen LogP contribution in [-0.2, 0) is 6.54 Å². The topological polar surface area (TPSA) is 45.5 Å². The minimum Gasteiger partial charge on any atom is -0.315 e. The van der Waals surface area contributed by atoms with Crippen molar-refractivity contribution < 1.29 is 0 Å². The van der Waals surface area contributed by atoms with E-state index in [1.807, 2.05) is 35.1 Å². The summed E-state index contributed by atoms with van der Waals surface area (Å²) in [6, 6.07) is 10.3. The minimum absolute atomic E-state index is 0.914.